The average Bonchev–Trinajstić information content (AvgIpc) is 3.28. The van der Waals surface area contributed by atoms with Crippen LogP contribution in [0.15, 0.2) is 103 Å². The second kappa shape index (κ2) is 11.3. The van der Waals surface area contributed by atoms with Crippen LogP contribution in [0.2, 0.25) is 0 Å². The zero-order valence-corrected chi connectivity index (χ0v) is 19.5. The van der Waals surface area contributed by atoms with Gasteiger partial charge in [-0.2, -0.15) is 5.10 Å². The van der Waals surface area contributed by atoms with Gasteiger partial charge in [-0.3, -0.25) is 0 Å². The van der Waals surface area contributed by atoms with Crippen molar-refractivity contribution in [2.75, 3.05) is 0 Å². The first kappa shape index (κ1) is 23.2. The van der Waals surface area contributed by atoms with Gasteiger partial charge in [-0.25, -0.2) is 9.48 Å². The Morgan fingerprint density at radius 1 is 0.824 bits per heavy atom. The molecule has 0 saturated carbocycles. The molecule has 0 saturated heterocycles. The number of rotatable bonds is 10. The van der Waals surface area contributed by atoms with Crippen LogP contribution in [0.1, 0.15) is 38.6 Å². The minimum absolute atomic E-state index is 0.472. The van der Waals surface area contributed by atoms with Crippen LogP contribution < -0.4 is 0 Å². The van der Waals surface area contributed by atoms with Crippen LogP contribution in [0.5, 0.6) is 0 Å². The molecule has 4 rings (SSSR count). The van der Waals surface area contributed by atoms with E-state index in [0.717, 1.165) is 46.5 Å². The van der Waals surface area contributed by atoms with E-state index >= 15 is 0 Å². The summed E-state index contributed by atoms with van der Waals surface area (Å²) in [5.41, 5.74) is 5.49. The van der Waals surface area contributed by atoms with E-state index in [1.165, 1.54) is 0 Å². The molecule has 1 aromatic heterocycles. The number of carbonyl (C=O) groups is 1. The summed E-state index contributed by atoms with van der Waals surface area (Å²) in [6, 6.07) is 29.3. The van der Waals surface area contributed by atoms with E-state index in [9.17, 15) is 9.90 Å². The van der Waals surface area contributed by atoms with Gasteiger partial charge in [0.25, 0.3) is 0 Å². The van der Waals surface area contributed by atoms with Crippen molar-refractivity contribution in [3.8, 4) is 33.6 Å². The summed E-state index contributed by atoms with van der Waals surface area (Å²) in [7, 11) is 0. The summed E-state index contributed by atoms with van der Waals surface area (Å²) in [6.45, 7) is 2.14. The molecule has 4 heteroatoms. The molecule has 0 amide bonds. The van der Waals surface area contributed by atoms with Crippen LogP contribution in [-0.4, -0.2) is 20.9 Å². The maximum absolute atomic E-state index is 12.5. The Morgan fingerprint density at radius 3 is 1.91 bits per heavy atom. The smallest absolute Gasteiger partial charge is 0.328 e. The normalized spacial score (nSPS) is 12.1. The monoisotopic (exact) mass is 450 g/mol. The molecule has 0 bridgehead atoms. The second-order valence-electron chi connectivity index (χ2n) is 8.31. The quantitative estimate of drug-likeness (QED) is 0.253. The van der Waals surface area contributed by atoms with Gasteiger partial charge in [-0.05, 0) is 24.8 Å². The summed E-state index contributed by atoms with van der Waals surface area (Å²) in [5.74, 6) is -0.872. The van der Waals surface area contributed by atoms with E-state index in [1.54, 1.807) is 4.68 Å². The number of carboxylic acids is 1. The topological polar surface area (TPSA) is 55.1 Å². The number of benzene rings is 3. The standard InChI is InChI=1S/C30H30N2O2/c1-2-3-4-5-15-22-26(30(33)34)32-29(25-20-13-8-14-21-25)27(23-16-9-6-10-17-23)28(31-32)24-18-11-7-12-19-24/h4-14,16-21,26H,2-3,15,22H2,1H3,(H,33,34). The van der Waals surface area contributed by atoms with E-state index in [0.29, 0.717) is 12.8 Å². The largest absolute Gasteiger partial charge is 0.480 e. The maximum Gasteiger partial charge on any atom is 0.328 e. The fourth-order valence-electron chi connectivity index (χ4n) is 4.22. The van der Waals surface area contributed by atoms with Crippen molar-refractivity contribution in [1.29, 1.82) is 0 Å². The Hall–Kier alpha value is -3.92. The van der Waals surface area contributed by atoms with Crippen molar-refractivity contribution in [2.24, 2.45) is 0 Å². The molecule has 172 valence electrons. The lowest BCUT2D eigenvalue weighted by molar-refractivity contribution is -0.141. The minimum atomic E-state index is -0.872. The average molecular weight is 451 g/mol. The fourth-order valence-corrected chi connectivity index (χ4v) is 4.22. The lowest BCUT2D eigenvalue weighted by Crippen LogP contribution is -2.21. The Labute approximate surface area is 201 Å². The van der Waals surface area contributed by atoms with Gasteiger partial charge in [0.1, 0.15) is 11.7 Å². The van der Waals surface area contributed by atoms with Crippen molar-refractivity contribution in [2.45, 2.75) is 38.6 Å². The van der Waals surface area contributed by atoms with Gasteiger partial charge in [0.05, 0.1) is 5.69 Å². The molecule has 0 fully saturated rings. The van der Waals surface area contributed by atoms with E-state index in [1.807, 2.05) is 78.9 Å². The predicted molar refractivity (Wildman–Crippen MR) is 138 cm³/mol. The second-order valence-corrected chi connectivity index (χ2v) is 8.31. The molecule has 4 aromatic rings. The third kappa shape index (κ3) is 5.18. The molecule has 1 heterocycles. The molecule has 1 N–H and O–H groups in total. The van der Waals surface area contributed by atoms with Gasteiger partial charge in [-0.1, -0.05) is 116 Å². The lowest BCUT2D eigenvalue weighted by atomic mass is 9.95. The summed E-state index contributed by atoms with van der Waals surface area (Å²) in [5, 5.41) is 15.2. The maximum atomic E-state index is 12.5. The Balaban J connectivity index is 1.94. The van der Waals surface area contributed by atoms with Crippen molar-refractivity contribution < 1.29 is 9.90 Å². The molecule has 34 heavy (non-hydrogen) atoms. The summed E-state index contributed by atoms with van der Waals surface area (Å²) >= 11 is 0. The molecule has 1 unspecified atom stereocenters. The molecule has 1 atom stereocenters. The molecule has 0 aliphatic heterocycles. The van der Waals surface area contributed by atoms with Crippen LogP contribution in [-0.2, 0) is 4.79 Å². The van der Waals surface area contributed by atoms with E-state index < -0.39 is 12.0 Å². The first-order chi connectivity index (χ1) is 16.7. The first-order valence-electron chi connectivity index (χ1n) is 11.9. The number of carboxylic acid groups (broad SMARTS) is 1. The van der Waals surface area contributed by atoms with Crippen LogP contribution >= 0.6 is 0 Å². The number of aliphatic carboxylic acids is 1. The number of unbranched alkanes of at least 4 members (excludes halogenated alkanes) is 1. The summed E-state index contributed by atoms with van der Waals surface area (Å²) in [6.07, 6.45) is 7.46. The summed E-state index contributed by atoms with van der Waals surface area (Å²) in [4.78, 5) is 12.5. The lowest BCUT2D eigenvalue weighted by Gasteiger charge is -2.17. The van der Waals surface area contributed by atoms with E-state index in [-0.39, 0.29) is 0 Å². The van der Waals surface area contributed by atoms with Gasteiger partial charge in [0.2, 0.25) is 0 Å². The number of aromatic nitrogens is 2. The van der Waals surface area contributed by atoms with Crippen molar-refractivity contribution in [3.63, 3.8) is 0 Å². The van der Waals surface area contributed by atoms with Gasteiger partial charge in [0, 0.05) is 16.7 Å². The predicted octanol–water partition coefficient (Wildman–Crippen LogP) is 7.65. The molecule has 0 radical (unpaired) electrons. The zero-order chi connectivity index (χ0) is 23.8. The van der Waals surface area contributed by atoms with Gasteiger partial charge < -0.3 is 5.11 Å². The highest BCUT2D eigenvalue weighted by atomic mass is 16.4. The number of allylic oxidation sites excluding steroid dienone is 2. The molecular formula is C30H30N2O2. The summed E-state index contributed by atoms with van der Waals surface area (Å²) < 4.78 is 1.73. The van der Waals surface area contributed by atoms with Crippen LogP contribution in [0.4, 0.5) is 0 Å². The first-order valence-corrected chi connectivity index (χ1v) is 11.9. The van der Waals surface area contributed by atoms with Crippen molar-refractivity contribution in [1.82, 2.24) is 9.78 Å². The zero-order valence-electron chi connectivity index (χ0n) is 19.5. The Bertz CT molecular complexity index is 1230. The highest BCUT2D eigenvalue weighted by molar-refractivity contribution is 5.92. The highest BCUT2D eigenvalue weighted by Gasteiger charge is 2.29. The number of hydrogen-bond acceptors (Lipinski definition) is 2. The van der Waals surface area contributed by atoms with Gasteiger partial charge in [0.15, 0.2) is 0 Å². The highest BCUT2D eigenvalue weighted by Crippen LogP contribution is 2.41. The molecule has 0 spiro atoms. The number of hydrogen-bond donors (Lipinski definition) is 1. The Morgan fingerprint density at radius 2 is 1.35 bits per heavy atom. The molecular weight excluding hydrogens is 420 g/mol. The number of nitrogens with zero attached hydrogens (tertiary/aromatic N) is 2. The third-order valence-electron chi connectivity index (χ3n) is 5.88. The third-order valence-corrected chi connectivity index (χ3v) is 5.88. The van der Waals surface area contributed by atoms with Crippen molar-refractivity contribution >= 4 is 5.97 Å². The SMILES string of the molecule is CCCC=CCCC(C(=O)O)n1nc(-c2ccccc2)c(-c2ccccc2)c1-c1ccccc1. The van der Waals surface area contributed by atoms with E-state index in [2.05, 4.69) is 31.2 Å². The van der Waals surface area contributed by atoms with Crippen LogP contribution in [0, 0.1) is 0 Å². The van der Waals surface area contributed by atoms with Crippen molar-refractivity contribution in [3.05, 3.63) is 103 Å². The Kier molecular flexibility index (Phi) is 7.71. The van der Waals surface area contributed by atoms with Crippen LogP contribution in [0.25, 0.3) is 33.6 Å². The fraction of sp³-hybridized carbons (Fsp3) is 0.200. The molecule has 4 nitrogen and oxygen atoms in total. The molecule has 3 aromatic carbocycles. The van der Waals surface area contributed by atoms with Gasteiger partial charge >= 0.3 is 5.97 Å². The minimum Gasteiger partial charge on any atom is -0.480 e. The van der Waals surface area contributed by atoms with Crippen LogP contribution in [0.3, 0.4) is 0 Å². The van der Waals surface area contributed by atoms with Gasteiger partial charge in [-0.15, -0.1) is 0 Å². The van der Waals surface area contributed by atoms with E-state index in [4.69, 9.17) is 5.10 Å². The molecule has 0 aliphatic carbocycles. The molecule has 0 aliphatic rings.